The van der Waals surface area contributed by atoms with Gasteiger partial charge in [0.1, 0.15) is 11.6 Å². The summed E-state index contributed by atoms with van der Waals surface area (Å²) in [5, 5.41) is 15.2. The van der Waals surface area contributed by atoms with Crippen LogP contribution in [-0.2, 0) is 13.0 Å². The fourth-order valence-electron chi connectivity index (χ4n) is 2.64. The Morgan fingerprint density at radius 3 is 2.86 bits per heavy atom. The first-order valence-corrected chi connectivity index (χ1v) is 7.69. The molecule has 21 heavy (non-hydrogen) atoms. The molecule has 0 radical (unpaired) electrons. The molecule has 0 bridgehead atoms. The van der Waals surface area contributed by atoms with Crippen LogP contribution in [0.3, 0.4) is 0 Å². The zero-order valence-corrected chi connectivity index (χ0v) is 15.1. The number of rotatable bonds is 4. The minimum Gasteiger partial charge on any atom is -0.357 e. The monoisotopic (exact) mass is 404 g/mol. The topological polar surface area (TPSA) is 67.1 Å². The zero-order valence-electron chi connectivity index (χ0n) is 12.8. The zero-order chi connectivity index (χ0) is 13.9. The number of nitrogens with zero attached hydrogens (tertiary/aromatic N) is 4. The first-order valence-electron chi connectivity index (χ1n) is 7.69. The molecule has 1 aromatic rings. The van der Waals surface area contributed by atoms with Crippen LogP contribution in [0.4, 0.5) is 0 Å². The molecule has 7 heteroatoms. The molecule has 0 spiro atoms. The number of fused-ring (bicyclic) bond motifs is 1. The number of guanidine groups is 1. The van der Waals surface area contributed by atoms with Crippen LogP contribution in [0.2, 0.25) is 0 Å². The number of aromatic nitrogens is 3. The molecule has 2 N–H and O–H groups in total. The molecule has 6 nitrogen and oxygen atoms in total. The second kappa shape index (κ2) is 7.42. The number of hydrogen-bond acceptors (Lipinski definition) is 3. The van der Waals surface area contributed by atoms with E-state index in [1.807, 2.05) is 6.92 Å². The quantitative estimate of drug-likeness (QED) is 0.454. The van der Waals surface area contributed by atoms with E-state index in [0.29, 0.717) is 12.0 Å². The summed E-state index contributed by atoms with van der Waals surface area (Å²) in [7, 11) is 0. The van der Waals surface area contributed by atoms with Crippen LogP contribution >= 0.6 is 24.0 Å². The van der Waals surface area contributed by atoms with Gasteiger partial charge in [0.2, 0.25) is 0 Å². The van der Waals surface area contributed by atoms with Crippen molar-refractivity contribution in [3.8, 4) is 0 Å². The van der Waals surface area contributed by atoms with Crippen LogP contribution < -0.4 is 10.6 Å². The number of halogens is 1. The molecule has 1 aromatic heterocycles. The number of aliphatic imine (C=N–C) groups is 1. The van der Waals surface area contributed by atoms with Gasteiger partial charge in [-0.25, -0.2) is 0 Å². The van der Waals surface area contributed by atoms with Gasteiger partial charge in [0, 0.05) is 32.1 Å². The van der Waals surface area contributed by atoms with Crippen molar-refractivity contribution in [1.82, 2.24) is 25.4 Å². The number of hydrogen-bond donors (Lipinski definition) is 2. The van der Waals surface area contributed by atoms with Gasteiger partial charge in [-0.05, 0) is 39.0 Å². The summed E-state index contributed by atoms with van der Waals surface area (Å²) in [6.45, 7) is 6.93. The summed E-state index contributed by atoms with van der Waals surface area (Å²) < 4.78 is 2.24. The fourth-order valence-corrected chi connectivity index (χ4v) is 2.64. The lowest BCUT2D eigenvalue weighted by molar-refractivity contribution is 0.369. The molecule has 118 valence electrons. The summed E-state index contributed by atoms with van der Waals surface area (Å²) in [5.41, 5.74) is 0. The molecular formula is C14H25IN6. The maximum atomic E-state index is 4.74. The second-order valence-electron chi connectivity index (χ2n) is 5.82. The van der Waals surface area contributed by atoms with Crippen LogP contribution in [0.5, 0.6) is 0 Å². The molecule has 1 atom stereocenters. The molecule has 1 saturated carbocycles. The highest BCUT2D eigenvalue weighted by molar-refractivity contribution is 14.0. The van der Waals surface area contributed by atoms with Gasteiger partial charge in [-0.15, -0.1) is 34.2 Å². The maximum Gasteiger partial charge on any atom is 0.191 e. The van der Waals surface area contributed by atoms with Gasteiger partial charge in [0.05, 0.1) is 0 Å². The largest absolute Gasteiger partial charge is 0.357 e. The smallest absolute Gasteiger partial charge is 0.191 e. The standard InChI is InChI=1S/C14H24N6.HI/c1-3-15-14(17-12-5-6-12)16-8-11-4-7-13-19-18-10(2)20(13)9-11;/h11-12H,3-9H2,1-2H3,(H2,15,16,17);1H. The van der Waals surface area contributed by atoms with Crippen LogP contribution in [-0.4, -0.2) is 39.9 Å². The van der Waals surface area contributed by atoms with E-state index >= 15 is 0 Å². The third-order valence-electron chi connectivity index (χ3n) is 4.00. The summed E-state index contributed by atoms with van der Waals surface area (Å²) in [4.78, 5) is 4.74. The third-order valence-corrected chi connectivity index (χ3v) is 4.00. The molecule has 1 aliphatic heterocycles. The van der Waals surface area contributed by atoms with E-state index in [0.717, 1.165) is 50.1 Å². The van der Waals surface area contributed by atoms with E-state index in [-0.39, 0.29) is 24.0 Å². The minimum absolute atomic E-state index is 0. The highest BCUT2D eigenvalue weighted by Crippen LogP contribution is 2.20. The van der Waals surface area contributed by atoms with E-state index in [2.05, 4.69) is 32.3 Å². The summed E-state index contributed by atoms with van der Waals surface area (Å²) in [5.74, 6) is 3.72. The Morgan fingerprint density at radius 1 is 1.33 bits per heavy atom. The molecule has 0 saturated heterocycles. The Kier molecular flexibility index (Phi) is 5.83. The average molecular weight is 404 g/mol. The molecule has 0 aromatic carbocycles. The van der Waals surface area contributed by atoms with Crippen LogP contribution in [0, 0.1) is 12.8 Å². The minimum atomic E-state index is 0. The average Bonchev–Trinajstić information content (AvgIpc) is 3.20. The Labute approximate surface area is 143 Å². The van der Waals surface area contributed by atoms with Crippen molar-refractivity contribution >= 4 is 29.9 Å². The molecular weight excluding hydrogens is 379 g/mol. The van der Waals surface area contributed by atoms with Crippen molar-refractivity contribution in [2.24, 2.45) is 10.9 Å². The lowest BCUT2D eigenvalue weighted by atomic mass is 9.99. The Bertz CT molecular complexity index is 494. The van der Waals surface area contributed by atoms with Gasteiger partial charge in [-0.1, -0.05) is 0 Å². The normalized spacial score (nSPS) is 21.4. The van der Waals surface area contributed by atoms with Crippen molar-refractivity contribution in [1.29, 1.82) is 0 Å². The SMILES string of the molecule is CCNC(=NCC1CCc2nnc(C)n2C1)NC1CC1.I. The van der Waals surface area contributed by atoms with Gasteiger partial charge in [0.15, 0.2) is 5.96 Å². The molecule has 1 aliphatic carbocycles. The molecule has 2 heterocycles. The van der Waals surface area contributed by atoms with Crippen LogP contribution in [0.15, 0.2) is 4.99 Å². The van der Waals surface area contributed by atoms with Gasteiger partial charge in [0.25, 0.3) is 0 Å². The van der Waals surface area contributed by atoms with Gasteiger partial charge >= 0.3 is 0 Å². The highest BCUT2D eigenvalue weighted by atomic mass is 127. The van der Waals surface area contributed by atoms with Gasteiger partial charge in [-0.3, -0.25) is 4.99 Å². The van der Waals surface area contributed by atoms with E-state index < -0.39 is 0 Å². The lowest BCUT2D eigenvalue weighted by Gasteiger charge is -2.23. The van der Waals surface area contributed by atoms with Crippen molar-refractivity contribution in [2.75, 3.05) is 13.1 Å². The summed E-state index contributed by atoms with van der Waals surface area (Å²) >= 11 is 0. The van der Waals surface area contributed by atoms with Gasteiger partial charge < -0.3 is 15.2 Å². The Balaban J connectivity index is 0.00000161. The van der Waals surface area contributed by atoms with E-state index in [9.17, 15) is 0 Å². The maximum absolute atomic E-state index is 4.74. The lowest BCUT2D eigenvalue weighted by Crippen LogP contribution is -2.39. The number of aryl methyl sites for hydroxylation is 2. The van der Waals surface area contributed by atoms with Crippen molar-refractivity contribution in [3.63, 3.8) is 0 Å². The number of nitrogens with one attached hydrogen (secondary N) is 2. The van der Waals surface area contributed by atoms with Crippen molar-refractivity contribution in [3.05, 3.63) is 11.6 Å². The van der Waals surface area contributed by atoms with Crippen molar-refractivity contribution in [2.45, 2.75) is 52.1 Å². The highest BCUT2D eigenvalue weighted by Gasteiger charge is 2.23. The summed E-state index contributed by atoms with van der Waals surface area (Å²) in [6.07, 6.45) is 4.73. The van der Waals surface area contributed by atoms with Crippen molar-refractivity contribution < 1.29 is 0 Å². The first kappa shape index (κ1) is 16.5. The molecule has 1 unspecified atom stereocenters. The predicted molar refractivity (Wildman–Crippen MR) is 94.1 cm³/mol. The predicted octanol–water partition coefficient (Wildman–Crippen LogP) is 1.48. The molecule has 2 aliphatic rings. The molecule has 1 fully saturated rings. The second-order valence-corrected chi connectivity index (χ2v) is 5.82. The Morgan fingerprint density at radius 2 is 2.14 bits per heavy atom. The van der Waals surface area contributed by atoms with E-state index in [1.165, 1.54) is 12.8 Å². The fraction of sp³-hybridized carbons (Fsp3) is 0.786. The van der Waals surface area contributed by atoms with Crippen LogP contribution in [0.1, 0.15) is 37.8 Å². The summed E-state index contributed by atoms with van der Waals surface area (Å²) in [6, 6.07) is 0.644. The van der Waals surface area contributed by atoms with Gasteiger partial charge in [-0.2, -0.15) is 0 Å². The molecule has 0 amide bonds. The first-order chi connectivity index (χ1) is 9.76. The Hall–Kier alpha value is -0.860. The van der Waals surface area contributed by atoms with E-state index in [1.54, 1.807) is 0 Å². The molecule has 3 rings (SSSR count). The van der Waals surface area contributed by atoms with E-state index in [4.69, 9.17) is 4.99 Å². The third kappa shape index (κ3) is 4.31. The van der Waals surface area contributed by atoms with Crippen LogP contribution in [0.25, 0.3) is 0 Å².